The molecule has 0 aliphatic carbocycles. The fraction of sp³-hybridized carbons (Fsp3) is 0.0968. The van der Waals surface area contributed by atoms with Gasteiger partial charge in [0, 0.05) is 34.7 Å². The van der Waals surface area contributed by atoms with E-state index in [0.717, 1.165) is 11.6 Å². The van der Waals surface area contributed by atoms with Gasteiger partial charge < -0.3 is 4.74 Å². The molecule has 3 nitrogen and oxygen atoms in total. The summed E-state index contributed by atoms with van der Waals surface area (Å²) in [5.74, 6) is 0.237. The summed E-state index contributed by atoms with van der Waals surface area (Å²) < 4.78 is 47.3. The maximum atomic E-state index is 13.8. The van der Waals surface area contributed by atoms with Crippen molar-refractivity contribution >= 4 is 16.7 Å². The van der Waals surface area contributed by atoms with E-state index in [0.29, 0.717) is 35.5 Å². The molecule has 1 heterocycles. The Morgan fingerprint density at radius 1 is 0.811 bits per heavy atom. The average Bonchev–Trinajstić information content (AvgIpc) is 2.92. The third-order valence-corrected chi connectivity index (χ3v) is 6.11. The van der Waals surface area contributed by atoms with Crippen LogP contribution in [0.4, 0.5) is 13.2 Å². The molecular formula is C31H22F3NO2. The molecule has 6 heteroatoms. The Morgan fingerprint density at radius 3 is 2.24 bits per heavy atom. The zero-order chi connectivity index (χ0) is 25.8. The summed E-state index contributed by atoms with van der Waals surface area (Å²) in [5.41, 5.74) is 1.69. The van der Waals surface area contributed by atoms with Gasteiger partial charge in [0.1, 0.15) is 5.75 Å². The number of fused-ring (bicyclic) bond motifs is 1. The highest BCUT2D eigenvalue weighted by Gasteiger charge is 2.34. The van der Waals surface area contributed by atoms with Crippen LogP contribution in [-0.4, -0.2) is 17.4 Å². The number of nitrogens with zero attached hydrogens (tertiary/aromatic N) is 1. The van der Waals surface area contributed by atoms with Gasteiger partial charge in [0.2, 0.25) is 0 Å². The van der Waals surface area contributed by atoms with Crippen molar-refractivity contribution in [3.63, 3.8) is 0 Å². The maximum absolute atomic E-state index is 13.8. The summed E-state index contributed by atoms with van der Waals surface area (Å²) in [6, 6.07) is 29.5. The Bertz CT molecular complexity index is 1550. The molecule has 0 saturated carbocycles. The third-order valence-electron chi connectivity index (χ3n) is 6.11. The van der Waals surface area contributed by atoms with Crippen LogP contribution in [-0.2, 0) is 12.6 Å². The number of ketones is 1. The van der Waals surface area contributed by atoms with Crippen molar-refractivity contribution in [3.8, 4) is 16.9 Å². The van der Waals surface area contributed by atoms with Crippen LogP contribution in [0, 0.1) is 0 Å². The van der Waals surface area contributed by atoms with Gasteiger partial charge in [-0.05, 0) is 29.3 Å². The predicted molar refractivity (Wildman–Crippen MR) is 138 cm³/mol. The van der Waals surface area contributed by atoms with E-state index in [-0.39, 0.29) is 22.2 Å². The quantitative estimate of drug-likeness (QED) is 0.216. The zero-order valence-electron chi connectivity index (χ0n) is 19.7. The molecule has 184 valence electrons. The van der Waals surface area contributed by atoms with Crippen LogP contribution in [0.2, 0.25) is 0 Å². The SMILES string of the molecule is O=C(c1ccccc1)c1cnc2c(C(F)(F)F)cccc2c1-c1cccc(OCCc2ccccc2)c1. The first kappa shape index (κ1) is 24.3. The lowest BCUT2D eigenvalue weighted by Gasteiger charge is -2.16. The normalized spacial score (nSPS) is 11.4. The molecule has 0 bridgehead atoms. The minimum atomic E-state index is -4.59. The van der Waals surface area contributed by atoms with E-state index in [1.54, 1.807) is 60.7 Å². The second-order valence-corrected chi connectivity index (χ2v) is 8.55. The number of benzene rings is 4. The summed E-state index contributed by atoms with van der Waals surface area (Å²) in [6.45, 7) is 0.429. The summed E-state index contributed by atoms with van der Waals surface area (Å²) in [7, 11) is 0. The lowest BCUT2D eigenvalue weighted by molar-refractivity contribution is -0.136. The Hall–Kier alpha value is -4.45. The van der Waals surface area contributed by atoms with E-state index in [9.17, 15) is 18.0 Å². The molecule has 4 aromatic carbocycles. The predicted octanol–water partition coefficient (Wildman–Crippen LogP) is 7.77. The molecule has 0 atom stereocenters. The van der Waals surface area contributed by atoms with Gasteiger partial charge in [-0.3, -0.25) is 9.78 Å². The average molecular weight is 498 g/mol. The van der Waals surface area contributed by atoms with Gasteiger partial charge in [0.25, 0.3) is 0 Å². The van der Waals surface area contributed by atoms with Gasteiger partial charge >= 0.3 is 6.18 Å². The lowest BCUT2D eigenvalue weighted by Crippen LogP contribution is -2.09. The van der Waals surface area contributed by atoms with Crippen molar-refractivity contribution in [3.05, 3.63) is 132 Å². The molecule has 0 spiro atoms. The Kier molecular flexibility index (Phi) is 6.73. The number of pyridine rings is 1. The summed E-state index contributed by atoms with van der Waals surface area (Å²) in [6.07, 6.45) is -2.64. The molecule has 0 aliphatic rings. The van der Waals surface area contributed by atoms with Gasteiger partial charge in [-0.15, -0.1) is 0 Å². The van der Waals surface area contributed by atoms with E-state index in [2.05, 4.69) is 4.98 Å². The number of hydrogen-bond acceptors (Lipinski definition) is 3. The molecule has 0 amide bonds. The number of aromatic nitrogens is 1. The molecule has 1 aromatic heterocycles. The lowest BCUT2D eigenvalue weighted by atomic mass is 9.91. The molecule has 0 unspecified atom stereocenters. The van der Waals surface area contributed by atoms with Crippen LogP contribution in [0.5, 0.6) is 5.75 Å². The molecule has 0 radical (unpaired) electrons. The maximum Gasteiger partial charge on any atom is 0.418 e. The first-order valence-corrected chi connectivity index (χ1v) is 11.8. The van der Waals surface area contributed by atoms with Crippen molar-refractivity contribution in [2.24, 2.45) is 0 Å². The smallest absolute Gasteiger partial charge is 0.418 e. The van der Waals surface area contributed by atoms with Crippen LogP contribution in [0.15, 0.2) is 109 Å². The Morgan fingerprint density at radius 2 is 1.51 bits per heavy atom. The summed E-state index contributed by atoms with van der Waals surface area (Å²) in [5, 5.41) is 0.248. The van der Waals surface area contributed by atoms with Crippen molar-refractivity contribution in [1.82, 2.24) is 4.98 Å². The molecule has 0 fully saturated rings. The second kappa shape index (κ2) is 10.3. The molecule has 0 saturated heterocycles. The first-order chi connectivity index (χ1) is 17.9. The number of ether oxygens (including phenoxy) is 1. The van der Waals surface area contributed by atoms with Crippen LogP contribution in [0.1, 0.15) is 27.0 Å². The highest BCUT2D eigenvalue weighted by molar-refractivity contribution is 6.16. The fourth-order valence-corrected chi connectivity index (χ4v) is 4.35. The third kappa shape index (κ3) is 5.23. The van der Waals surface area contributed by atoms with E-state index in [1.807, 2.05) is 30.3 Å². The Balaban J connectivity index is 1.60. The van der Waals surface area contributed by atoms with Crippen LogP contribution in [0.3, 0.4) is 0 Å². The first-order valence-electron chi connectivity index (χ1n) is 11.8. The van der Waals surface area contributed by atoms with Crippen molar-refractivity contribution in [2.75, 3.05) is 6.61 Å². The van der Waals surface area contributed by atoms with Crippen LogP contribution >= 0.6 is 0 Å². The number of halogens is 3. The monoisotopic (exact) mass is 497 g/mol. The largest absolute Gasteiger partial charge is 0.493 e. The number of rotatable bonds is 7. The number of alkyl halides is 3. The second-order valence-electron chi connectivity index (χ2n) is 8.55. The topological polar surface area (TPSA) is 39.2 Å². The van der Waals surface area contributed by atoms with E-state index in [4.69, 9.17) is 4.74 Å². The van der Waals surface area contributed by atoms with Crippen molar-refractivity contribution in [2.45, 2.75) is 12.6 Å². The molecule has 5 aromatic rings. The number of carbonyl (C=O) groups excluding carboxylic acids is 1. The summed E-state index contributed by atoms with van der Waals surface area (Å²) >= 11 is 0. The van der Waals surface area contributed by atoms with Gasteiger partial charge in [-0.1, -0.05) is 84.9 Å². The van der Waals surface area contributed by atoms with Crippen molar-refractivity contribution < 1.29 is 22.7 Å². The van der Waals surface area contributed by atoms with Gasteiger partial charge in [-0.2, -0.15) is 13.2 Å². The van der Waals surface area contributed by atoms with Gasteiger partial charge in [0.05, 0.1) is 17.7 Å². The number of carbonyl (C=O) groups is 1. The molecule has 37 heavy (non-hydrogen) atoms. The molecule has 0 N–H and O–H groups in total. The van der Waals surface area contributed by atoms with Crippen molar-refractivity contribution in [1.29, 1.82) is 0 Å². The molecular weight excluding hydrogens is 475 g/mol. The van der Waals surface area contributed by atoms with E-state index < -0.39 is 11.7 Å². The summed E-state index contributed by atoms with van der Waals surface area (Å²) in [4.78, 5) is 17.6. The fourth-order valence-electron chi connectivity index (χ4n) is 4.35. The standard InChI is InChI=1S/C31H22F3NO2/c32-31(33,34)27-16-8-15-25-28(26(20-35-29(25)27)30(36)22-11-5-2-6-12-22)23-13-7-14-24(19-23)37-18-17-21-9-3-1-4-10-21/h1-16,19-20H,17-18H2. The highest BCUT2D eigenvalue weighted by atomic mass is 19.4. The number of para-hydroxylation sites is 1. The van der Waals surface area contributed by atoms with Crippen LogP contribution < -0.4 is 4.74 Å². The van der Waals surface area contributed by atoms with E-state index >= 15 is 0 Å². The highest BCUT2D eigenvalue weighted by Crippen LogP contribution is 2.39. The van der Waals surface area contributed by atoms with E-state index in [1.165, 1.54) is 12.3 Å². The Labute approximate surface area is 212 Å². The minimum absolute atomic E-state index is 0.204. The molecule has 5 rings (SSSR count). The van der Waals surface area contributed by atoms with Gasteiger partial charge in [0.15, 0.2) is 5.78 Å². The number of hydrogen-bond donors (Lipinski definition) is 0. The minimum Gasteiger partial charge on any atom is -0.493 e. The molecule has 0 aliphatic heterocycles. The van der Waals surface area contributed by atoms with Gasteiger partial charge in [-0.25, -0.2) is 0 Å². The van der Waals surface area contributed by atoms with Crippen LogP contribution in [0.25, 0.3) is 22.0 Å². The zero-order valence-corrected chi connectivity index (χ0v) is 19.7.